The monoisotopic (exact) mass is 402 g/mol. The first-order chi connectivity index (χ1) is 13.9. The third kappa shape index (κ3) is 4.82. The Morgan fingerprint density at radius 3 is 2.45 bits per heavy atom. The number of piperidine rings is 1. The van der Waals surface area contributed by atoms with Crippen molar-refractivity contribution in [2.45, 2.75) is 19.4 Å². The van der Waals surface area contributed by atoms with Crippen LogP contribution in [0.2, 0.25) is 0 Å². The van der Waals surface area contributed by atoms with E-state index in [2.05, 4.69) is 0 Å². The van der Waals surface area contributed by atoms with Gasteiger partial charge in [0.05, 0.1) is 19.2 Å². The molecule has 2 heterocycles. The molecule has 0 radical (unpaired) electrons. The highest BCUT2D eigenvalue weighted by atomic mass is 19.1. The van der Waals surface area contributed by atoms with Crippen LogP contribution in [-0.2, 0) is 23.2 Å². The predicted molar refractivity (Wildman–Crippen MR) is 103 cm³/mol. The fourth-order valence-electron chi connectivity index (χ4n) is 3.32. The summed E-state index contributed by atoms with van der Waals surface area (Å²) in [5, 5.41) is 0. The van der Waals surface area contributed by atoms with Gasteiger partial charge >= 0.3 is 5.97 Å². The Morgan fingerprint density at radius 1 is 1.17 bits per heavy atom. The van der Waals surface area contributed by atoms with E-state index < -0.39 is 5.43 Å². The first-order valence-corrected chi connectivity index (χ1v) is 9.34. The van der Waals surface area contributed by atoms with E-state index >= 15 is 0 Å². The molecular weight excluding hydrogens is 379 g/mol. The second-order valence-electron chi connectivity index (χ2n) is 7.00. The Balaban J connectivity index is 1.67. The van der Waals surface area contributed by atoms with Gasteiger partial charge < -0.3 is 18.9 Å². The molecule has 0 bridgehead atoms. The van der Waals surface area contributed by atoms with Gasteiger partial charge in [-0.2, -0.15) is 0 Å². The van der Waals surface area contributed by atoms with Crippen molar-refractivity contribution < 1.29 is 23.5 Å². The second-order valence-corrected chi connectivity index (χ2v) is 7.00. The largest absolute Gasteiger partial charge is 0.483 e. The van der Waals surface area contributed by atoms with Crippen LogP contribution in [0.25, 0.3) is 0 Å². The fraction of sp³-hybridized carbons (Fsp3) is 0.381. The van der Waals surface area contributed by atoms with Gasteiger partial charge in [0.15, 0.2) is 5.75 Å². The van der Waals surface area contributed by atoms with Gasteiger partial charge in [0, 0.05) is 26.2 Å². The van der Waals surface area contributed by atoms with E-state index in [0.29, 0.717) is 25.9 Å². The molecule has 29 heavy (non-hydrogen) atoms. The Hall–Kier alpha value is -3.16. The number of amides is 1. The van der Waals surface area contributed by atoms with Crippen molar-refractivity contribution >= 4 is 11.9 Å². The molecule has 8 heteroatoms. The maximum Gasteiger partial charge on any atom is 0.308 e. The molecule has 1 aliphatic heterocycles. The molecule has 1 aliphatic rings. The minimum Gasteiger partial charge on any atom is -0.483 e. The van der Waals surface area contributed by atoms with E-state index in [1.54, 1.807) is 28.6 Å². The van der Waals surface area contributed by atoms with Gasteiger partial charge in [-0.3, -0.25) is 14.4 Å². The zero-order valence-electron chi connectivity index (χ0n) is 16.4. The van der Waals surface area contributed by atoms with Gasteiger partial charge in [-0.25, -0.2) is 4.39 Å². The summed E-state index contributed by atoms with van der Waals surface area (Å²) < 4.78 is 24.8. The topological polar surface area (TPSA) is 77.8 Å². The quantitative estimate of drug-likeness (QED) is 0.716. The van der Waals surface area contributed by atoms with Gasteiger partial charge in [0.2, 0.25) is 5.43 Å². The third-order valence-corrected chi connectivity index (χ3v) is 5.04. The SMILES string of the molecule is COC(=O)C1CCN(C(=O)c2cc(=O)c(OCc3ccc(F)cc3)cn2C)CC1. The fourth-order valence-corrected chi connectivity index (χ4v) is 3.32. The summed E-state index contributed by atoms with van der Waals surface area (Å²) in [5.41, 5.74) is 0.570. The normalized spacial score (nSPS) is 14.5. The molecule has 0 aliphatic carbocycles. The van der Waals surface area contributed by atoms with Crippen LogP contribution in [0.5, 0.6) is 5.75 Å². The lowest BCUT2D eigenvalue weighted by Crippen LogP contribution is -2.41. The summed E-state index contributed by atoms with van der Waals surface area (Å²) in [6.07, 6.45) is 2.54. The highest BCUT2D eigenvalue weighted by Crippen LogP contribution is 2.20. The molecule has 0 unspecified atom stereocenters. The van der Waals surface area contributed by atoms with Crippen molar-refractivity contribution in [3.63, 3.8) is 0 Å². The number of benzene rings is 1. The smallest absolute Gasteiger partial charge is 0.308 e. The summed E-state index contributed by atoms with van der Waals surface area (Å²) in [7, 11) is 3.02. The minimum atomic E-state index is -0.405. The van der Waals surface area contributed by atoms with Gasteiger partial charge in [0.1, 0.15) is 18.1 Å². The van der Waals surface area contributed by atoms with Crippen LogP contribution in [0.15, 0.2) is 41.3 Å². The number of aryl methyl sites for hydroxylation is 1. The first kappa shape index (κ1) is 20.6. The summed E-state index contributed by atoms with van der Waals surface area (Å²) in [6.45, 7) is 0.967. The molecule has 154 valence electrons. The average Bonchev–Trinajstić information content (AvgIpc) is 2.74. The zero-order valence-corrected chi connectivity index (χ0v) is 16.4. The lowest BCUT2D eigenvalue weighted by molar-refractivity contribution is -0.146. The number of hydrogen-bond acceptors (Lipinski definition) is 5. The number of pyridine rings is 1. The number of aromatic nitrogens is 1. The van der Waals surface area contributed by atoms with Crippen LogP contribution in [0.3, 0.4) is 0 Å². The Kier molecular flexibility index (Phi) is 6.31. The van der Waals surface area contributed by atoms with E-state index in [1.807, 2.05) is 0 Å². The lowest BCUT2D eigenvalue weighted by Gasteiger charge is -2.31. The molecule has 1 amide bonds. The maximum atomic E-state index is 13.0. The summed E-state index contributed by atoms with van der Waals surface area (Å²) in [5.74, 6) is -0.957. The Morgan fingerprint density at radius 2 is 1.83 bits per heavy atom. The molecular formula is C21H23FN2O5. The molecule has 7 nitrogen and oxygen atoms in total. The molecule has 3 rings (SSSR count). The summed E-state index contributed by atoms with van der Waals surface area (Å²) in [6, 6.07) is 7.06. The lowest BCUT2D eigenvalue weighted by atomic mass is 9.97. The van der Waals surface area contributed by atoms with Crippen LogP contribution < -0.4 is 10.2 Å². The molecule has 0 N–H and O–H groups in total. The van der Waals surface area contributed by atoms with Crippen LogP contribution in [0.4, 0.5) is 4.39 Å². The zero-order chi connectivity index (χ0) is 21.0. The van der Waals surface area contributed by atoms with Crippen LogP contribution in [0, 0.1) is 11.7 Å². The molecule has 1 aromatic carbocycles. The van der Waals surface area contributed by atoms with E-state index in [-0.39, 0.29) is 41.7 Å². The van der Waals surface area contributed by atoms with Gasteiger partial charge in [0.25, 0.3) is 5.91 Å². The van der Waals surface area contributed by atoms with Gasteiger partial charge in [-0.1, -0.05) is 12.1 Å². The molecule has 1 aromatic heterocycles. The summed E-state index contributed by atoms with van der Waals surface area (Å²) in [4.78, 5) is 38.5. The molecule has 2 aromatic rings. The number of nitrogens with zero attached hydrogens (tertiary/aromatic N) is 2. The Bertz CT molecular complexity index is 947. The summed E-state index contributed by atoms with van der Waals surface area (Å²) >= 11 is 0. The molecule has 0 saturated carbocycles. The van der Waals surface area contributed by atoms with Crippen LogP contribution in [-0.4, -0.2) is 41.5 Å². The van der Waals surface area contributed by atoms with Gasteiger partial charge in [-0.15, -0.1) is 0 Å². The van der Waals surface area contributed by atoms with Gasteiger partial charge in [-0.05, 0) is 30.5 Å². The number of ether oxygens (including phenoxy) is 2. The van der Waals surface area contributed by atoms with E-state index in [9.17, 15) is 18.8 Å². The van der Waals surface area contributed by atoms with E-state index in [4.69, 9.17) is 9.47 Å². The number of likely N-dealkylation sites (tertiary alicyclic amines) is 1. The predicted octanol–water partition coefficient (Wildman–Crippen LogP) is 2.13. The maximum absolute atomic E-state index is 13.0. The third-order valence-electron chi connectivity index (χ3n) is 5.04. The second kappa shape index (κ2) is 8.89. The number of esters is 1. The molecule has 1 saturated heterocycles. The van der Waals surface area contributed by atoms with E-state index in [1.165, 1.54) is 31.5 Å². The van der Waals surface area contributed by atoms with Crippen LogP contribution in [0.1, 0.15) is 28.9 Å². The molecule has 0 spiro atoms. The van der Waals surface area contributed by atoms with Crippen molar-refractivity contribution in [1.29, 1.82) is 0 Å². The molecule has 0 atom stereocenters. The van der Waals surface area contributed by atoms with Crippen molar-refractivity contribution in [2.24, 2.45) is 13.0 Å². The van der Waals surface area contributed by atoms with Crippen molar-refractivity contribution in [3.05, 3.63) is 63.8 Å². The van der Waals surface area contributed by atoms with Crippen LogP contribution >= 0.6 is 0 Å². The number of hydrogen-bond donors (Lipinski definition) is 0. The van der Waals surface area contributed by atoms with Crippen molar-refractivity contribution in [3.8, 4) is 5.75 Å². The van der Waals surface area contributed by atoms with Crippen molar-refractivity contribution in [1.82, 2.24) is 9.47 Å². The first-order valence-electron chi connectivity index (χ1n) is 9.34. The number of rotatable bonds is 5. The highest BCUT2D eigenvalue weighted by molar-refractivity contribution is 5.92. The van der Waals surface area contributed by atoms with E-state index in [0.717, 1.165) is 5.56 Å². The standard InChI is InChI=1S/C21H23FN2O5/c1-23-12-19(29-13-14-3-5-16(22)6-4-14)18(25)11-17(23)20(26)24-9-7-15(8-10-24)21(27)28-2/h3-6,11-12,15H,7-10,13H2,1-2H3. The highest BCUT2D eigenvalue weighted by Gasteiger charge is 2.29. The number of halogens is 1. The average molecular weight is 402 g/mol. The number of carbonyl (C=O) groups excluding carboxylic acids is 2. The Labute approximate surface area is 167 Å². The van der Waals surface area contributed by atoms with Crippen molar-refractivity contribution in [2.75, 3.05) is 20.2 Å². The molecule has 1 fully saturated rings. The minimum absolute atomic E-state index is 0.109. The number of carbonyl (C=O) groups is 2. The number of methoxy groups -OCH3 is 1.